The van der Waals surface area contributed by atoms with Crippen LogP contribution < -0.4 is 9.04 Å². The van der Waals surface area contributed by atoms with Gasteiger partial charge in [0.05, 0.1) is 36.9 Å². The number of ether oxygens (including phenoxy) is 2. The van der Waals surface area contributed by atoms with Crippen molar-refractivity contribution in [1.82, 2.24) is 0 Å². The molecular weight excluding hydrogens is 314 g/mol. The minimum absolute atomic E-state index is 0.0441. The van der Waals surface area contributed by atoms with Crippen LogP contribution in [-0.2, 0) is 14.8 Å². The van der Waals surface area contributed by atoms with Gasteiger partial charge in [0.25, 0.3) is 10.0 Å². The van der Waals surface area contributed by atoms with Crippen molar-refractivity contribution < 1.29 is 17.9 Å². The van der Waals surface area contributed by atoms with E-state index in [1.165, 1.54) is 4.31 Å². The van der Waals surface area contributed by atoms with Gasteiger partial charge in [-0.2, -0.15) is 0 Å². The van der Waals surface area contributed by atoms with Gasteiger partial charge in [-0.25, -0.2) is 8.42 Å². The Hall–Kier alpha value is -2.05. The molecule has 0 radical (unpaired) electrons. The van der Waals surface area contributed by atoms with Gasteiger partial charge in [0.15, 0.2) is 0 Å². The number of rotatable bonds is 6. The van der Waals surface area contributed by atoms with Gasteiger partial charge >= 0.3 is 0 Å². The zero-order chi connectivity index (χ0) is 16.4. The van der Waals surface area contributed by atoms with E-state index in [4.69, 9.17) is 9.47 Å². The number of anilines is 1. The highest BCUT2D eigenvalue weighted by molar-refractivity contribution is 7.92. The summed E-state index contributed by atoms with van der Waals surface area (Å²) in [4.78, 5) is 0.277. The van der Waals surface area contributed by atoms with Crippen molar-refractivity contribution in [3.8, 4) is 5.75 Å². The molecule has 5 nitrogen and oxygen atoms in total. The number of nitrogens with zero attached hydrogens (tertiary/aromatic N) is 1. The molecule has 23 heavy (non-hydrogen) atoms. The van der Waals surface area contributed by atoms with Crippen LogP contribution in [0.4, 0.5) is 5.69 Å². The van der Waals surface area contributed by atoms with Gasteiger partial charge in [-0.05, 0) is 43.3 Å². The predicted octanol–water partition coefficient (Wildman–Crippen LogP) is 2.60. The van der Waals surface area contributed by atoms with Gasteiger partial charge in [0.2, 0.25) is 0 Å². The normalized spacial score (nSPS) is 16.9. The lowest BCUT2D eigenvalue weighted by Gasteiger charge is -2.24. The van der Waals surface area contributed by atoms with Crippen LogP contribution in [0.15, 0.2) is 53.4 Å². The van der Waals surface area contributed by atoms with E-state index in [1.54, 1.807) is 55.6 Å². The van der Waals surface area contributed by atoms with Gasteiger partial charge in [-0.15, -0.1) is 0 Å². The molecule has 0 unspecified atom stereocenters. The molecule has 2 aromatic rings. The Morgan fingerprint density at radius 3 is 2.26 bits per heavy atom. The highest BCUT2D eigenvalue weighted by Crippen LogP contribution is 2.28. The van der Waals surface area contributed by atoms with Crippen LogP contribution in [0.2, 0.25) is 0 Å². The molecule has 0 aromatic heterocycles. The smallest absolute Gasteiger partial charge is 0.264 e. The lowest BCUT2D eigenvalue weighted by molar-refractivity contribution is 0.411. The summed E-state index contributed by atoms with van der Waals surface area (Å²) < 4.78 is 37.8. The van der Waals surface area contributed by atoms with Gasteiger partial charge in [0.1, 0.15) is 5.75 Å². The number of sulfonamides is 1. The minimum Gasteiger partial charge on any atom is -0.497 e. The Morgan fingerprint density at radius 1 is 1.13 bits per heavy atom. The molecule has 1 aliphatic heterocycles. The van der Waals surface area contributed by atoms with E-state index in [0.29, 0.717) is 24.6 Å². The number of hydrogen-bond acceptors (Lipinski definition) is 4. The molecule has 1 saturated heterocycles. The average molecular weight is 333 g/mol. The van der Waals surface area contributed by atoms with E-state index in [2.05, 4.69) is 0 Å². The van der Waals surface area contributed by atoms with Crippen molar-refractivity contribution in [3.63, 3.8) is 0 Å². The molecule has 0 saturated carbocycles. The van der Waals surface area contributed by atoms with Crippen LogP contribution in [0.25, 0.3) is 0 Å². The Bertz CT molecular complexity index is 765. The molecular formula is C17H19NO4S. The van der Waals surface area contributed by atoms with Crippen molar-refractivity contribution in [1.29, 1.82) is 0 Å². The van der Waals surface area contributed by atoms with E-state index in [-0.39, 0.29) is 11.0 Å². The van der Waals surface area contributed by atoms with Gasteiger partial charge < -0.3 is 9.47 Å². The zero-order valence-electron chi connectivity index (χ0n) is 13.1. The largest absolute Gasteiger partial charge is 0.497 e. The molecule has 1 heterocycles. The molecule has 0 bridgehead atoms. The predicted molar refractivity (Wildman–Crippen MR) is 88.4 cm³/mol. The maximum Gasteiger partial charge on any atom is 0.264 e. The molecule has 0 amide bonds. The molecule has 1 aliphatic rings. The maximum absolute atomic E-state index is 13.0. The van der Waals surface area contributed by atoms with Crippen LogP contribution in [-0.4, -0.2) is 34.8 Å². The third kappa shape index (κ3) is 3.48. The van der Waals surface area contributed by atoms with E-state index in [1.807, 2.05) is 6.92 Å². The highest BCUT2D eigenvalue weighted by atomic mass is 32.2. The van der Waals surface area contributed by atoms with Crippen LogP contribution >= 0.6 is 0 Å². The summed E-state index contributed by atoms with van der Waals surface area (Å²) in [6.45, 7) is 2.83. The van der Waals surface area contributed by atoms with Crippen molar-refractivity contribution in [2.24, 2.45) is 0 Å². The molecule has 1 fully saturated rings. The lowest BCUT2D eigenvalue weighted by atomic mass is 10.2. The third-order valence-corrected chi connectivity index (χ3v) is 5.55. The van der Waals surface area contributed by atoms with Crippen LogP contribution in [0.1, 0.15) is 5.56 Å². The zero-order valence-corrected chi connectivity index (χ0v) is 13.9. The molecule has 122 valence electrons. The SMILES string of the molecule is COc1ccc(N(C[C@H]2CO2)S(=O)(=O)c2ccc(C)cc2)cc1. The first kappa shape index (κ1) is 15.8. The fourth-order valence-corrected chi connectivity index (χ4v) is 3.78. The minimum atomic E-state index is -3.63. The Labute approximate surface area is 136 Å². The number of epoxide rings is 1. The molecule has 0 spiro atoms. The summed E-state index contributed by atoms with van der Waals surface area (Å²) >= 11 is 0. The standard InChI is InChI=1S/C17H19NO4S/c1-13-3-9-17(10-4-13)23(19,20)18(11-16-12-22-16)14-5-7-15(21-2)8-6-14/h3-10,16H,11-12H2,1-2H3/t16-/m0/s1. The topological polar surface area (TPSA) is 59.1 Å². The van der Waals surface area contributed by atoms with E-state index in [0.717, 1.165) is 5.56 Å². The van der Waals surface area contributed by atoms with Crippen molar-refractivity contribution in [2.75, 3.05) is 24.6 Å². The molecule has 6 heteroatoms. The number of methoxy groups -OCH3 is 1. The van der Waals surface area contributed by atoms with Crippen molar-refractivity contribution in [2.45, 2.75) is 17.9 Å². The Morgan fingerprint density at radius 2 is 1.74 bits per heavy atom. The quantitative estimate of drug-likeness (QED) is 0.763. The number of benzene rings is 2. The molecule has 0 N–H and O–H groups in total. The van der Waals surface area contributed by atoms with Crippen LogP contribution in [0.5, 0.6) is 5.75 Å². The van der Waals surface area contributed by atoms with Crippen LogP contribution in [0.3, 0.4) is 0 Å². The maximum atomic E-state index is 13.0. The average Bonchev–Trinajstić information content (AvgIpc) is 3.37. The summed E-state index contributed by atoms with van der Waals surface area (Å²) in [5.41, 5.74) is 1.62. The molecule has 3 rings (SSSR count). The van der Waals surface area contributed by atoms with Crippen molar-refractivity contribution >= 4 is 15.7 Å². The second-order valence-electron chi connectivity index (χ2n) is 5.50. The fourth-order valence-electron chi connectivity index (χ4n) is 2.29. The highest BCUT2D eigenvalue weighted by Gasteiger charge is 2.32. The third-order valence-electron chi connectivity index (χ3n) is 3.74. The van der Waals surface area contributed by atoms with Gasteiger partial charge in [0, 0.05) is 0 Å². The number of aryl methyl sites for hydroxylation is 1. The summed E-state index contributed by atoms with van der Waals surface area (Å²) in [5.74, 6) is 0.684. The lowest BCUT2D eigenvalue weighted by Crippen LogP contribution is -2.34. The first-order valence-corrected chi connectivity index (χ1v) is 8.80. The summed E-state index contributed by atoms with van der Waals surface area (Å²) in [6.07, 6.45) is -0.0441. The second-order valence-corrected chi connectivity index (χ2v) is 7.36. The summed E-state index contributed by atoms with van der Waals surface area (Å²) in [6, 6.07) is 13.9. The van der Waals surface area contributed by atoms with E-state index >= 15 is 0 Å². The summed E-state index contributed by atoms with van der Waals surface area (Å²) in [7, 11) is -2.06. The molecule has 1 atom stereocenters. The summed E-state index contributed by atoms with van der Waals surface area (Å²) in [5, 5.41) is 0. The first-order valence-electron chi connectivity index (χ1n) is 7.36. The first-order chi connectivity index (χ1) is 11.0. The fraction of sp³-hybridized carbons (Fsp3) is 0.294. The van der Waals surface area contributed by atoms with Crippen molar-refractivity contribution in [3.05, 3.63) is 54.1 Å². The second kappa shape index (κ2) is 6.22. The Balaban J connectivity index is 1.98. The van der Waals surface area contributed by atoms with Gasteiger partial charge in [-0.1, -0.05) is 17.7 Å². The Kier molecular flexibility index (Phi) is 4.28. The number of hydrogen-bond donors (Lipinski definition) is 0. The van der Waals surface area contributed by atoms with Crippen LogP contribution in [0, 0.1) is 6.92 Å². The van der Waals surface area contributed by atoms with E-state index in [9.17, 15) is 8.42 Å². The molecule has 2 aromatic carbocycles. The monoisotopic (exact) mass is 333 g/mol. The molecule has 0 aliphatic carbocycles. The van der Waals surface area contributed by atoms with Gasteiger partial charge in [-0.3, -0.25) is 4.31 Å². The van der Waals surface area contributed by atoms with E-state index < -0.39 is 10.0 Å².